The first-order chi connectivity index (χ1) is 19.5. The summed E-state index contributed by atoms with van der Waals surface area (Å²) in [6.45, 7) is 8.21. The second-order valence-corrected chi connectivity index (χ2v) is 9.44. The third-order valence-corrected chi connectivity index (χ3v) is 5.96. The van der Waals surface area contributed by atoms with Gasteiger partial charge in [0, 0.05) is 6.92 Å². The van der Waals surface area contributed by atoms with E-state index < -0.39 is 10.1 Å². The highest BCUT2D eigenvalue weighted by molar-refractivity contribution is 7.86. The van der Waals surface area contributed by atoms with E-state index in [4.69, 9.17) is 46.8 Å². The lowest BCUT2D eigenvalue weighted by Gasteiger charge is -2.09. The highest BCUT2D eigenvalue weighted by atomic mass is 32.2. The van der Waals surface area contributed by atoms with Crippen molar-refractivity contribution in [3.63, 3.8) is 0 Å². The molecular formula is C26H44O13S. The Labute approximate surface area is 237 Å². The van der Waals surface area contributed by atoms with Crippen LogP contribution in [0.4, 0.5) is 0 Å². The molecule has 40 heavy (non-hydrogen) atoms. The molecule has 0 unspecified atom stereocenters. The molecule has 0 fully saturated rings. The molecule has 0 aromatic heterocycles. The summed E-state index contributed by atoms with van der Waals surface area (Å²) >= 11 is 0. The van der Waals surface area contributed by atoms with E-state index >= 15 is 0 Å². The molecule has 0 spiro atoms. The van der Waals surface area contributed by atoms with Gasteiger partial charge in [-0.05, 0) is 12.1 Å². The summed E-state index contributed by atoms with van der Waals surface area (Å²) in [5.74, 6) is -0.319. The molecule has 0 N–H and O–H groups in total. The molecule has 0 saturated heterocycles. The smallest absolute Gasteiger partial charge is 0.302 e. The Bertz CT molecular complexity index is 808. The molecule has 1 aromatic carbocycles. The van der Waals surface area contributed by atoms with Gasteiger partial charge in [0.05, 0.1) is 117 Å². The zero-order valence-corrected chi connectivity index (χ0v) is 24.1. The van der Waals surface area contributed by atoms with Crippen LogP contribution in [-0.4, -0.2) is 133 Å². The van der Waals surface area contributed by atoms with Gasteiger partial charge in [-0.2, -0.15) is 8.42 Å². The minimum Gasteiger partial charge on any atom is -0.463 e. The van der Waals surface area contributed by atoms with Crippen molar-refractivity contribution in [1.29, 1.82) is 0 Å². The maximum Gasteiger partial charge on any atom is 0.302 e. The molecule has 0 amide bonds. The van der Waals surface area contributed by atoms with Crippen molar-refractivity contribution in [2.45, 2.75) is 11.8 Å². The fourth-order valence-corrected chi connectivity index (χ4v) is 3.66. The topological polar surface area (TPSA) is 144 Å². The van der Waals surface area contributed by atoms with Crippen LogP contribution in [0.2, 0.25) is 0 Å². The standard InChI is InChI=1S/C26H44O13S/c1-25(27)38-23-21-36-19-17-34-15-13-32-11-9-30-7-8-31-10-12-33-14-16-35-18-20-37-22-24-39-40(28,29)26-5-3-2-4-6-26/h2-6H,7-24H2,1H3. The second kappa shape index (κ2) is 26.2. The van der Waals surface area contributed by atoms with Crippen LogP contribution in [0.25, 0.3) is 0 Å². The normalized spacial score (nSPS) is 11.6. The van der Waals surface area contributed by atoms with E-state index in [9.17, 15) is 13.2 Å². The minimum atomic E-state index is -3.76. The molecule has 0 aliphatic rings. The van der Waals surface area contributed by atoms with Gasteiger partial charge in [0.1, 0.15) is 6.61 Å². The minimum absolute atomic E-state index is 0.0606. The van der Waals surface area contributed by atoms with Crippen LogP contribution in [0.3, 0.4) is 0 Å². The molecule has 13 nitrogen and oxygen atoms in total. The van der Waals surface area contributed by atoms with Crippen LogP contribution < -0.4 is 0 Å². The molecule has 0 atom stereocenters. The van der Waals surface area contributed by atoms with Gasteiger partial charge in [0.15, 0.2) is 0 Å². The summed E-state index contributed by atoms with van der Waals surface area (Å²) < 4.78 is 76.5. The van der Waals surface area contributed by atoms with E-state index in [1.54, 1.807) is 18.2 Å². The van der Waals surface area contributed by atoms with Crippen molar-refractivity contribution in [1.82, 2.24) is 0 Å². The van der Waals surface area contributed by atoms with Crippen molar-refractivity contribution in [3.05, 3.63) is 30.3 Å². The SMILES string of the molecule is CC(=O)OCCOCCOCCOCCOCCOCCOCCOCCOCCOS(=O)(=O)c1ccccc1. The Morgan fingerprint density at radius 3 is 1.12 bits per heavy atom. The first-order valence-electron chi connectivity index (χ1n) is 13.2. The highest BCUT2D eigenvalue weighted by Gasteiger charge is 2.13. The molecule has 0 aliphatic carbocycles. The monoisotopic (exact) mass is 596 g/mol. The van der Waals surface area contributed by atoms with Crippen LogP contribution in [0, 0.1) is 0 Å². The fourth-order valence-electron chi connectivity index (χ4n) is 2.74. The Balaban J connectivity index is 1.70. The molecule has 14 heteroatoms. The number of hydrogen-bond donors (Lipinski definition) is 0. The first kappa shape index (κ1) is 36.3. The molecule has 0 radical (unpaired) electrons. The van der Waals surface area contributed by atoms with Gasteiger partial charge in [-0.15, -0.1) is 0 Å². The van der Waals surface area contributed by atoms with Crippen molar-refractivity contribution < 1.29 is 60.0 Å². The summed E-state index contributed by atoms with van der Waals surface area (Å²) in [7, 11) is -3.76. The third-order valence-electron chi connectivity index (χ3n) is 4.64. The van der Waals surface area contributed by atoms with E-state index in [2.05, 4.69) is 0 Å². The van der Waals surface area contributed by atoms with Gasteiger partial charge in [0.25, 0.3) is 10.1 Å². The third kappa shape index (κ3) is 23.0. The summed E-state index contributed by atoms with van der Waals surface area (Å²) in [4.78, 5) is 10.7. The Hall–Kier alpha value is -1.72. The van der Waals surface area contributed by atoms with Gasteiger partial charge in [-0.25, -0.2) is 0 Å². The number of benzene rings is 1. The van der Waals surface area contributed by atoms with Gasteiger partial charge < -0.3 is 42.6 Å². The molecule has 0 aliphatic heterocycles. The first-order valence-corrected chi connectivity index (χ1v) is 14.6. The van der Waals surface area contributed by atoms with Gasteiger partial charge >= 0.3 is 5.97 Å². The number of esters is 1. The van der Waals surface area contributed by atoms with Crippen LogP contribution in [-0.2, 0) is 61.7 Å². The molecule has 0 saturated carbocycles. The maximum atomic E-state index is 11.9. The molecule has 1 aromatic rings. The number of hydrogen-bond acceptors (Lipinski definition) is 13. The lowest BCUT2D eigenvalue weighted by Crippen LogP contribution is -2.15. The zero-order valence-electron chi connectivity index (χ0n) is 23.3. The summed E-state index contributed by atoms with van der Waals surface area (Å²) in [6, 6.07) is 7.96. The van der Waals surface area contributed by atoms with E-state index in [0.717, 1.165) is 0 Å². The summed E-state index contributed by atoms with van der Waals surface area (Å²) in [5, 5.41) is 0. The largest absolute Gasteiger partial charge is 0.463 e. The fraction of sp³-hybridized carbons (Fsp3) is 0.731. The molecule has 1 rings (SSSR count). The quantitative estimate of drug-likeness (QED) is 0.0740. The van der Waals surface area contributed by atoms with Gasteiger partial charge in [0.2, 0.25) is 0 Å². The second-order valence-electron chi connectivity index (χ2n) is 7.83. The van der Waals surface area contributed by atoms with Crippen molar-refractivity contribution in [3.8, 4) is 0 Å². The Morgan fingerprint density at radius 1 is 0.500 bits per heavy atom. The van der Waals surface area contributed by atoms with Crippen LogP contribution in [0.5, 0.6) is 0 Å². The number of rotatable bonds is 29. The molecule has 0 bridgehead atoms. The molecular weight excluding hydrogens is 552 g/mol. The van der Waals surface area contributed by atoms with Crippen molar-refractivity contribution >= 4 is 16.1 Å². The zero-order chi connectivity index (χ0) is 29.0. The Kier molecular flexibility index (Phi) is 23.8. The van der Waals surface area contributed by atoms with Crippen LogP contribution in [0.15, 0.2) is 35.2 Å². The van der Waals surface area contributed by atoms with Crippen molar-refractivity contribution in [2.24, 2.45) is 0 Å². The summed E-state index contributed by atoms with van der Waals surface area (Å²) in [6.07, 6.45) is 0. The predicted molar refractivity (Wildman–Crippen MR) is 143 cm³/mol. The lowest BCUT2D eigenvalue weighted by molar-refractivity contribution is -0.142. The average molecular weight is 597 g/mol. The van der Waals surface area contributed by atoms with Gasteiger partial charge in [-0.3, -0.25) is 8.98 Å². The van der Waals surface area contributed by atoms with Crippen LogP contribution in [0.1, 0.15) is 6.92 Å². The number of ether oxygens (including phenoxy) is 9. The van der Waals surface area contributed by atoms with E-state index in [-0.39, 0.29) is 30.7 Å². The predicted octanol–water partition coefficient (Wildman–Crippen LogP) is 1.09. The summed E-state index contributed by atoms with van der Waals surface area (Å²) in [5.41, 5.74) is 0. The lowest BCUT2D eigenvalue weighted by atomic mass is 10.4. The molecule has 232 valence electrons. The number of carbonyl (C=O) groups is 1. The van der Waals surface area contributed by atoms with E-state index in [0.29, 0.717) is 99.1 Å². The van der Waals surface area contributed by atoms with E-state index in [1.807, 2.05) is 0 Å². The average Bonchev–Trinajstić information content (AvgIpc) is 2.94. The van der Waals surface area contributed by atoms with Gasteiger partial charge in [-0.1, -0.05) is 18.2 Å². The maximum absolute atomic E-state index is 11.9. The molecule has 0 heterocycles. The van der Waals surface area contributed by atoms with Crippen LogP contribution >= 0.6 is 0 Å². The number of carbonyl (C=O) groups excluding carboxylic acids is 1. The van der Waals surface area contributed by atoms with E-state index in [1.165, 1.54) is 19.1 Å². The highest BCUT2D eigenvalue weighted by Crippen LogP contribution is 2.10. The Morgan fingerprint density at radius 2 is 0.800 bits per heavy atom. The van der Waals surface area contributed by atoms with Crippen molar-refractivity contribution in [2.75, 3.05) is 119 Å².